The number of nitrogens with one attached hydrogen (secondary N) is 1. The molecule has 4 aromatic rings. The molecular weight excluding hydrogens is 424 g/mol. The average molecular weight is 449 g/mol. The third-order valence-corrected chi connectivity index (χ3v) is 6.18. The van der Waals surface area contributed by atoms with Gasteiger partial charge in [-0.25, -0.2) is 4.98 Å². The lowest BCUT2D eigenvalue weighted by Crippen LogP contribution is -2.45. The summed E-state index contributed by atoms with van der Waals surface area (Å²) in [7, 11) is 0. The van der Waals surface area contributed by atoms with Crippen LogP contribution in [0.5, 0.6) is 0 Å². The maximum Gasteiger partial charge on any atom is 0.263 e. The van der Waals surface area contributed by atoms with Gasteiger partial charge in [-0.3, -0.25) is 4.90 Å². The van der Waals surface area contributed by atoms with E-state index in [2.05, 4.69) is 61.4 Å². The lowest BCUT2D eigenvalue weighted by Gasteiger charge is -2.34. The van der Waals surface area contributed by atoms with Crippen molar-refractivity contribution in [2.75, 3.05) is 38.0 Å². The molecule has 0 aliphatic carbocycles. The molecule has 0 unspecified atom stereocenters. The first kappa shape index (κ1) is 20.9. The zero-order chi connectivity index (χ0) is 21.9. The number of fused-ring (bicyclic) bond motifs is 1. The molecule has 2 aromatic heterocycles. The number of anilines is 2. The minimum Gasteiger partial charge on any atom is -0.339 e. The van der Waals surface area contributed by atoms with Crippen molar-refractivity contribution in [3.05, 3.63) is 65.4 Å². The van der Waals surface area contributed by atoms with Crippen LogP contribution in [0.25, 0.3) is 22.4 Å². The fraction of sp³-hybridized carbons (Fsp3) is 0.292. The Morgan fingerprint density at radius 1 is 0.938 bits per heavy atom. The van der Waals surface area contributed by atoms with Crippen molar-refractivity contribution in [3.63, 3.8) is 0 Å². The Morgan fingerprint density at radius 2 is 1.66 bits per heavy atom. The van der Waals surface area contributed by atoms with Gasteiger partial charge in [0.25, 0.3) is 5.71 Å². The molecule has 1 saturated heterocycles. The largest absolute Gasteiger partial charge is 0.339 e. The van der Waals surface area contributed by atoms with E-state index in [0.717, 1.165) is 55.9 Å². The van der Waals surface area contributed by atoms with Crippen LogP contribution in [0.3, 0.4) is 0 Å². The summed E-state index contributed by atoms with van der Waals surface area (Å²) in [5, 5.41) is 9.03. The summed E-state index contributed by atoms with van der Waals surface area (Å²) in [5.74, 6) is 0.657. The molecule has 1 aliphatic rings. The molecule has 5 rings (SSSR count). The third kappa shape index (κ3) is 4.46. The number of hydrogen-bond donors (Lipinski definition) is 1. The Hall–Kier alpha value is -3.00. The quantitative estimate of drug-likeness (QED) is 0.453. The van der Waals surface area contributed by atoms with E-state index in [4.69, 9.17) is 16.1 Å². The van der Waals surface area contributed by atoms with Gasteiger partial charge in [-0.1, -0.05) is 47.9 Å². The smallest absolute Gasteiger partial charge is 0.263 e. The summed E-state index contributed by atoms with van der Waals surface area (Å²) in [6, 6.07) is 16.0. The van der Waals surface area contributed by atoms with E-state index < -0.39 is 0 Å². The van der Waals surface area contributed by atoms with Crippen molar-refractivity contribution in [1.29, 1.82) is 0 Å². The number of hydrogen-bond acceptors (Lipinski definition) is 7. The first-order valence-corrected chi connectivity index (χ1v) is 11.2. The van der Waals surface area contributed by atoms with E-state index >= 15 is 0 Å². The third-order valence-electron chi connectivity index (χ3n) is 5.93. The summed E-state index contributed by atoms with van der Waals surface area (Å²) < 4.78 is 5.45. The maximum atomic E-state index is 6.03. The SMILES string of the molecule is CCN1CCN(Cc2ccc(Nc3ncnc4onc(-c5ccc(Cl)cc5)c34)cc2)CC1. The van der Waals surface area contributed by atoms with Crippen molar-refractivity contribution >= 4 is 34.2 Å². The van der Waals surface area contributed by atoms with Crippen LogP contribution < -0.4 is 5.32 Å². The highest BCUT2D eigenvalue weighted by Gasteiger charge is 2.18. The van der Waals surface area contributed by atoms with Crippen LogP contribution in [-0.4, -0.2) is 57.6 Å². The summed E-state index contributed by atoms with van der Waals surface area (Å²) in [6.45, 7) is 8.87. The lowest BCUT2D eigenvalue weighted by atomic mass is 10.1. The van der Waals surface area contributed by atoms with E-state index in [-0.39, 0.29) is 0 Å². The molecule has 0 amide bonds. The number of halogens is 1. The van der Waals surface area contributed by atoms with Crippen LogP contribution in [0.1, 0.15) is 12.5 Å². The van der Waals surface area contributed by atoms with Gasteiger partial charge in [-0.2, -0.15) is 4.98 Å². The van der Waals surface area contributed by atoms with Gasteiger partial charge in [-0.15, -0.1) is 0 Å². The van der Waals surface area contributed by atoms with E-state index in [1.807, 2.05) is 24.3 Å². The Morgan fingerprint density at radius 3 is 2.38 bits per heavy atom. The second kappa shape index (κ2) is 9.24. The molecule has 0 spiro atoms. The fourth-order valence-corrected chi connectivity index (χ4v) is 4.16. The molecule has 0 saturated carbocycles. The maximum absolute atomic E-state index is 6.03. The van der Waals surface area contributed by atoms with Gasteiger partial charge < -0.3 is 14.7 Å². The molecule has 1 aliphatic heterocycles. The molecule has 1 N–H and O–H groups in total. The van der Waals surface area contributed by atoms with E-state index in [9.17, 15) is 0 Å². The summed E-state index contributed by atoms with van der Waals surface area (Å²) >= 11 is 6.03. The standard InChI is InChI=1S/C24H25ClN6O/c1-2-30-11-13-31(14-12-30)15-17-3-9-20(10-4-17)28-23-21-22(18-5-7-19(25)8-6-18)29-32-24(21)27-16-26-23/h3-10,16H,2,11-15H2,1H3,(H,26,27,28). The molecule has 0 atom stereocenters. The molecule has 3 heterocycles. The minimum absolute atomic E-state index is 0.440. The minimum atomic E-state index is 0.440. The molecule has 32 heavy (non-hydrogen) atoms. The number of aromatic nitrogens is 3. The second-order valence-corrected chi connectivity index (χ2v) is 8.41. The number of nitrogens with zero attached hydrogens (tertiary/aromatic N) is 5. The molecule has 2 aromatic carbocycles. The average Bonchev–Trinajstić information content (AvgIpc) is 3.27. The van der Waals surface area contributed by atoms with E-state index in [0.29, 0.717) is 22.2 Å². The molecule has 0 radical (unpaired) electrons. The van der Waals surface area contributed by atoms with E-state index in [1.165, 1.54) is 11.9 Å². The molecule has 1 fully saturated rings. The molecule has 0 bridgehead atoms. The number of likely N-dealkylation sites (N-methyl/N-ethyl adjacent to an activating group) is 1. The Balaban J connectivity index is 1.33. The van der Waals surface area contributed by atoms with Gasteiger partial charge in [-0.05, 0) is 36.4 Å². The normalized spacial score (nSPS) is 15.3. The number of rotatable bonds is 6. The van der Waals surface area contributed by atoms with Gasteiger partial charge in [0.2, 0.25) is 0 Å². The van der Waals surface area contributed by atoms with Crippen LogP contribution in [0.4, 0.5) is 11.5 Å². The Labute approximate surface area is 192 Å². The highest BCUT2D eigenvalue weighted by atomic mass is 35.5. The summed E-state index contributed by atoms with van der Waals surface area (Å²) in [6.07, 6.45) is 1.48. The van der Waals surface area contributed by atoms with Gasteiger partial charge in [0, 0.05) is 49.0 Å². The van der Waals surface area contributed by atoms with Crippen LogP contribution in [-0.2, 0) is 6.54 Å². The molecule has 8 heteroatoms. The zero-order valence-electron chi connectivity index (χ0n) is 18.0. The topological polar surface area (TPSA) is 70.3 Å². The first-order valence-electron chi connectivity index (χ1n) is 10.9. The Kier molecular flexibility index (Phi) is 6.03. The van der Waals surface area contributed by atoms with Crippen molar-refractivity contribution in [2.24, 2.45) is 0 Å². The van der Waals surface area contributed by atoms with Gasteiger partial charge in [0.15, 0.2) is 0 Å². The van der Waals surface area contributed by atoms with Gasteiger partial charge >= 0.3 is 0 Å². The predicted octanol–water partition coefficient (Wildman–Crippen LogP) is 4.82. The highest BCUT2D eigenvalue weighted by molar-refractivity contribution is 6.30. The van der Waals surface area contributed by atoms with Crippen molar-refractivity contribution in [1.82, 2.24) is 24.9 Å². The zero-order valence-corrected chi connectivity index (χ0v) is 18.7. The number of piperazine rings is 1. The van der Waals surface area contributed by atoms with Gasteiger partial charge in [0.05, 0.1) is 0 Å². The second-order valence-electron chi connectivity index (χ2n) is 7.97. The predicted molar refractivity (Wildman–Crippen MR) is 127 cm³/mol. The fourth-order valence-electron chi connectivity index (χ4n) is 4.04. The number of benzene rings is 2. The summed E-state index contributed by atoms with van der Waals surface area (Å²) in [4.78, 5) is 13.7. The Bertz CT molecular complexity index is 1180. The lowest BCUT2D eigenvalue weighted by molar-refractivity contribution is 0.132. The van der Waals surface area contributed by atoms with Crippen molar-refractivity contribution in [2.45, 2.75) is 13.5 Å². The van der Waals surface area contributed by atoms with Crippen LogP contribution >= 0.6 is 11.6 Å². The van der Waals surface area contributed by atoms with Crippen LogP contribution in [0, 0.1) is 0 Å². The molecular formula is C24H25ClN6O. The van der Waals surface area contributed by atoms with Crippen molar-refractivity contribution < 1.29 is 4.52 Å². The first-order chi connectivity index (χ1) is 15.7. The molecule has 7 nitrogen and oxygen atoms in total. The van der Waals surface area contributed by atoms with Crippen molar-refractivity contribution in [3.8, 4) is 11.3 Å². The van der Waals surface area contributed by atoms with Crippen LogP contribution in [0.15, 0.2) is 59.4 Å². The monoisotopic (exact) mass is 448 g/mol. The van der Waals surface area contributed by atoms with E-state index in [1.54, 1.807) is 0 Å². The van der Waals surface area contributed by atoms with Gasteiger partial charge in [0.1, 0.15) is 23.2 Å². The van der Waals surface area contributed by atoms with Crippen LogP contribution in [0.2, 0.25) is 5.02 Å². The summed E-state index contributed by atoms with van der Waals surface area (Å²) in [5.41, 5.74) is 4.27. The molecule has 164 valence electrons. The highest BCUT2D eigenvalue weighted by Crippen LogP contribution is 2.33.